The van der Waals surface area contributed by atoms with Crippen molar-refractivity contribution in [1.82, 2.24) is 14.5 Å². The summed E-state index contributed by atoms with van der Waals surface area (Å²) in [6.45, 7) is 1.90. The van der Waals surface area contributed by atoms with E-state index in [9.17, 15) is 0 Å². The Hall–Kier alpha value is -1.38. The van der Waals surface area contributed by atoms with Gasteiger partial charge in [-0.25, -0.2) is 9.97 Å². The fraction of sp³-hybridized carbons (Fsp3) is 0.250. The molecule has 2 aliphatic rings. The molecule has 2 rings (SSSR count). The third-order valence-electron chi connectivity index (χ3n) is 1.68. The molecule has 0 fully saturated rings. The van der Waals surface area contributed by atoms with E-state index in [4.69, 9.17) is 0 Å². The summed E-state index contributed by atoms with van der Waals surface area (Å²) in [6.07, 6.45) is 1.97. The molecule has 0 amide bonds. The molecule has 0 radical (unpaired) electrons. The van der Waals surface area contributed by atoms with Crippen molar-refractivity contribution in [1.29, 1.82) is 0 Å². The van der Waals surface area contributed by atoms with Gasteiger partial charge in [0.2, 0.25) is 0 Å². The third-order valence-corrected chi connectivity index (χ3v) is 1.68. The van der Waals surface area contributed by atoms with Crippen molar-refractivity contribution < 1.29 is 0 Å². The lowest BCUT2D eigenvalue weighted by Crippen LogP contribution is -1.95. The van der Waals surface area contributed by atoms with Crippen LogP contribution in [0.1, 0.15) is 5.82 Å². The lowest BCUT2D eigenvalue weighted by Gasteiger charge is -2.01. The molecule has 0 spiro atoms. The monoisotopic (exact) mass is 147 g/mol. The Labute approximate surface area is 65.1 Å². The molecule has 0 bridgehead atoms. The Balaban J connectivity index is 2.78. The van der Waals surface area contributed by atoms with Gasteiger partial charge in [0.1, 0.15) is 11.5 Å². The van der Waals surface area contributed by atoms with Crippen molar-refractivity contribution in [3.63, 3.8) is 0 Å². The molecule has 0 N–H and O–H groups in total. The standard InChI is InChI=1S/C8H9N3/c1-6-9-7-4-3-5-11(2)8(7)10-6/h3-5H,1-2H3. The van der Waals surface area contributed by atoms with Crippen molar-refractivity contribution >= 4 is 0 Å². The number of hydrogen-bond donors (Lipinski definition) is 0. The van der Waals surface area contributed by atoms with E-state index in [2.05, 4.69) is 9.97 Å². The first-order valence-electron chi connectivity index (χ1n) is 3.53. The summed E-state index contributed by atoms with van der Waals surface area (Å²) in [6, 6.07) is 3.94. The number of fused-ring (bicyclic) bond motifs is 1. The van der Waals surface area contributed by atoms with Gasteiger partial charge >= 0.3 is 0 Å². The van der Waals surface area contributed by atoms with Crippen LogP contribution in [0.3, 0.4) is 0 Å². The average Bonchev–Trinajstić information content (AvgIpc) is 2.31. The van der Waals surface area contributed by atoms with Crippen molar-refractivity contribution in [2.75, 3.05) is 0 Å². The SMILES string of the molecule is Cc1nc2cccn(C)c-2n1. The molecule has 11 heavy (non-hydrogen) atoms. The number of imidazole rings is 1. The number of aryl methyl sites for hydroxylation is 2. The smallest absolute Gasteiger partial charge is 0.160 e. The average molecular weight is 147 g/mol. The Morgan fingerprint density at radius 3 is 2.91 bits per heavy atom. The molecule has 56 valence electrons. The van der Waals surface area contributed by atoms with Crippen LogP contribution in [0.25, 0.3) is 11.5 Å². The largest absolute Gasteiger partial charge is 0.334 e. The highest BCUT2D eigenvalue weighted by molar-refractivity contribution is 5.51. The van der Waals surface area contributed by atoms with Crippen LogP contribution in [0.5, 0.6) is 0 Å². The maximum atomic E-state index is 4.26. The van der Waals surface area contributed by atoms with E-state index in [0.29, 0.717) is 0 Å². The molecule has 0 aliphatic carbocycles. The van der Waals surface area contributed by atoms with E-state index in [0.717, 1.165) is 17.3 Å². The topological polar surface area (TPSA) is 30.7 Å². The molecule has 0 aromatic rings. The zero-order chi connectivity index (χ0) is 7.84. The van der Waals surface area contributed by atoms with Crippen LogP contribution in [0.4, 0.5) is 0 Å². The molecular weight excluding hydrogens is 138 g/mol. The van der Waals surface area contributed by atoms with Gasteiger partial charge in [-0.3, -0.25) is 0 Å². The van der Waals surface area contributed by atoms with Crippen LogP contribution in [-0.4, -0.2) is 14.5 Å². The van der Waals surface area contributed by atoms with Gasteiger partial charge in [-0.2, -0.15) is 0 Å². The van der Waals surface area contributed by atoms with Crippen molar-refractivity contribution in [2.24, 2.45) is 7.05 Å². The summed E-state index contributed by atoms with van der Waals surface area (Å²) >= 11 is 0. The zero-order valence-corrected chi connectivity index (χ0v) is 6.57. The maximum Gasteiger partial charge on any atom is 0.160 e. The van der Waals surface area contributed by atoms with Crippen molar-refractivity contribution in [3.8, 4) is 11.5 Å². The van der Waals surface area contributed by atoms with E-state index in [1.54, 1.807) is 0 Å². The van der Waals surface area contributed by atoms with Crippen LogP contribution in [-0.2, 0) is 7.05 Å². The fourth-order valence-corrected chi connectivity index (χ4v) is 1.17. The summed E-state index contributed by atoms with van der Waals surface area (Å²) in [5.74, 6) is 1.78. The molecule has 0 unspecified atom stereocenters. The Morgan fingerprint density at radius 2 is 2.18 bits per heavy atom. The fourth-order valence-electron chi connectivity index (χ4n) is 1.17. The molecule has 3 heteroatoms. The maximum absolute atomic E-state index is 4.26. The minimum Gasteiger partial charge on any atom is -0.334 e. The lowest BCUT2D eigenvalue weighted by molar-refractivity contribution is 0.887. The van der Waals surface area contributed by atoms with Gasteiger partial charge in [0.05, 0.1) is 0 Å². The molecule has 0 aromatic heterocycles. The van der Waals surface area contributed by atoms with Gasteiger partial charge < -0.3 is 4.57 Å². The van der Waals surface area contributed by atoms with Gasteiger partial charge in [0.15, 0.2) is 5.82 Å². The third kappa shape index (κ3) is 0.888. The Bertz CT molecular complexity index is 351. The molecule has 0 saturated carbocycles. The van der Waals surface area contributed by atoms with Crippen LogP contribution >= 0.6 is 0 Å². The number of aromatic nitrogens is 3. The second-order valence-corrected chi connectivity index (χ2v) is 2.60. The highest BCUT2D eigenvalue weighted by Gasteiger charge is 2.08. The highest BCUT2D eigenvalue weighted by atomic mass is 15.1. The van der Waals surface area contributed by atoms with E-state index in [-0.39, 0.29) is 0 Å². The van der Waals surface area contributed by atoms with Crippen LogP contribution < -0.4 is 0 Å². The summed E-state index contributed by atoms with van der Waals surface area (Å²) in [4.78, 5) is 8.51. The number of rotatable bonds is 0. The first-order chi connectivity index (χ1) is 5.27. The molecule has 2 aliphatic heterocycles. The van der Waals surface area contributed by atoms with Crippen LogP contribution in [0.2, 0.25) is 0 Å². The second-order valence-electron chi connectivity index (χ2n) is 2.60. The van der Waals surface area contributed by atoms with Gasteiger partial charge in [0.25, 0.3) is 0 Å². The van der Waals surface area contributed by atoms with Gasteiger partial charge in [0, 0.05) is 13.2 Å². The number of nitrogens with zero attached hydrogens (tertiary/aromatic N) is 3. The molecule has 3 nitrogen and oxygen atoms in total. The summed E-state index contributed by atoms with van der Waals surface area (Å²) in [7, 11) is 1.97. The van der Waals surface area contributed by atoms with E-state index in [1.165, 1.54) is 0 Å². The number of pyridine rings is 1. The molecule has 0 saturated heterocycles. The second kappa shape index (κ2) is 2.05. The van der Waals surface area contributed by atoms with Crippen molar-refractivity contribution in [2.45, 2.75) is 6.92 Å². The minimum absolute atomic E-state index is 0.835. The van der Waals surface area contributed by atoms with Gasteiger partial charge in [-0.05, 0) is 19.1 Å². The quantitative estimate of drug-likeness (QED) is 0.561. The minimum atomic E-state index is 0.835. The van der Waals surface area contributed by atoms with E-state index >= 15 is 0 Å². The van der Waals surface area contributed by atoms with E-state index in [1.807, 2.05) is 36.9 Å². The van der Waals surface area contributed by atoms with Gasteiger partial charge in [-0.1, -0.05) is 0 Å². The Kier molecular flexibility index (Phi) is 1.18. The molecule has 0 atom stereocenters. The van der Waals surface area contributed by atoms with Crippen LogP contribution in [0.15, 0.2) is 18.3 Å². The predicted molar refractivity (Wildman–Crippen MR) is 42.4 cm³/mol. The molecular formula is C8H9N3. The first-order valence-corrected chi connectivity index (χ1v) is 3.53. The summed E-state index contributed by atoms with van der Waals surface area (Å²) in [5, 5.41) is 0. The normalized spacial score (nSPS) is 10.7. The highest BCUT2D eigenvalue weighted by Crippen LogP contribution is 2.15. The summed E-state index contributed by atoms with van der Waals surface area (Å²) < 4.78 is 1.97. The first kappa shape index (κ1) is 6.34. The van der Waals surface area contributed by atoms with Gasteiger partial charge in [-0.15, -0.1) is 0 Å². The lowest BCUT2D eigenvalue weighted by atomic mass is 10.3. The van der Waals surface area contributed by atoms with Crippen molar-refractivity contribution in [3.05, 3.63) is 24.2 Å². The zero-order valence-electron chi connectivity index (χ0n) is 6.57. The van der Waals surface area contributed by atoms with E-state index < -0.39 is 0 Å². The number of hydrogen-bond acceptors (Lipinski definition) is 2. The molecule has 0 aromatic carbocycles. The van der Waals surface area contributed by atoms with Crippen LogP contribution in [0, 0.1) is 6.92 Å². The summed E-state index contributed by atoms with van der Waals surface area (Å²) in [5.41, 5.74) is 0.965. The predicted octanol–water partition coefficient (Wildman–Crippen LogP) is 1.23. The Morgan fingerprint density at radius 1 is 1.36 bits per heavy atom. The molecule has 2 heterocycles.